The minimum absolute atomic E-state index is 0.0196. The number of aromatic nitrogens is 2. The van der Waals surface area contributed by atoms with Gasteiger partial charge in [0.25, 0.3) is 5.91 Å². The number of ketones is 1. The van der Waals surface area contributed by atoms with Gasteiger partial charge in [0.15, 0.2) is 10.1 Å². The first-order chi connectivity index (χ1) is 16.6. The number of hydrogen-bond donors (Lipinski definition) is 2. The zero-order valence-electron chi connectivity index (χ0n) is 18.4. The first kappa shape index (κ1) is 23.5. The Morgan fingerprint density at radius 1 is 0.912 bits per heavy atom. The van der Waals surface area contributed by atoms with Gasteiger partial charge in [-0.2, -0.15) is 0 Å². The topological polar surface area (TPSA) is 93.2 Å². The molecule has 1 heterocycles. The van der Waals surface area contributed by atoms with Crippen molar-refractivity contribution in [1.82, 2.24) is 10.2 Å². The standard InChI is InChI=1S/C25H22N4O3S2/c1-32-21-13-7-17(8-14-21)15-26-24-28-29-25(34-24)33-16-22(30)18-9-11-20(12-10-18)27-23(31)19-5-3-2-4-6-19/h2-14H,15-16H2,1H3,(H,26,28)(H,27,31). The second kappa shape index (κ2) is 11.4. The van der Waals surface area contributed by atoms with E-state index in [1.165, 1.54) is 23.1 Å². The molecular weight excluding hydrogens is 468 g/mol. The molecule has 0 spiro atoms. The van der Waals surface area contributed by atoms with Gasteiger partial charge in [0.2, 0.25) is 5.13 Å². The lowest BCUT2D eigenvalue weighted by Crippen LogP contribution is -2.11. The van der Waals surface area contributed by atoms with Crippen molar-refractivity contribution in [3.8, 4) is 5.75 Å². The number of nitrogens with zero attached hydrogens (tertiary/aromatic N) is 2. The van der Waals surface area contributed by atoms with E-state index in [1.807, 2.05) is 42.5 Å². The van der Waals surface area contributed by atoms with Gasteiger partial charge in [0.1, 0.15) is 5.75 Å². The molecule has 0 saturated heterocycles. The van der Waals surface area contributed by atoms with Gasteiger partial charge in [0, 0.05) is 23.4 Å². The number of Topliss-reactive ketones (excluding diaryl/α,β-unsaturated/α-hetero) is 1. The van der Waals surface area contributed by atoms with Crippen LogP contribution < -0.4 is 15.4 Å². The van der Waals surface area contributed by atoms with Crippen LogP contribution >= 0.6 is 23.1 Å². The summed E-state index contributed by atoms with van der Waals surface area (Å²) in [4.78, 5) is 24.8. The number of rotatable bonds is 10. The van der Waals surface area contributed by atoms with Crippen LogP contribution in [0.4, 0.5) is 10.8 Å². The van der Waals surface area contributed by atoms with Crippen molar-refractivity contribution in [2.24, 2.45) is 0 Å². The summed E-state index contributed by atoms with van der Waals surface area (Å²) in [6.07, 6.45) is 0. The number of methoxy groups -OCH3 is 1. The van der Waals surface area contributed by atoms with Gasteiger partial charge in [-0.3, -0.25) is 9.59 Å². The highest BCUT2D eigenvalue weighted by Gasteiger charge is 2.11. The van der Waals surface area contributed by atoms with Gasteiger partial charge in [-0.15, -0.1) is 10.2 Å². The molecule has 0 aliphatic carbocycles. The third-order valence-corrected chi connectivity index (χ3v) is 6.85. The van der Waals surface area contributed by atoms with Crippen LogP contribution in [0, 0.1) is 0 Å². The van der Waals surface area contributed by atoms with E-state index < -0.39 is 0 Å². The molecule has 0 bridgehead atoms. The molecule has 0 unspecified atom stereocenters. The van der Waals surface area contributed by atoms with Crippen LogP contribution in [-0.2, 0) is 6.54 Å². The lowest BCUT2D eigenvalue weighted by atomic mass is 10.1. The Kier molecular flexibility index (Phi) is 7.90. The summed E-state index contributed by atoms with van der Waals surface area (Å²) in [7, 11) is 1.64. The van der Waals surface area contributed by atoms with E-state index in [9.17, 15) is 9.59 Å². The molecule has 0 saturated carbocycles. The molecular formula is C25H22N4O3S2. The number of thioether (sulfide) groups is 1. The number of hydrogen-bond acceptors (Lipinski definition) is 8. The Labute approximate surface area is 205 Å². The van der Waals surface area contributed by atoms with Gasteiger partial charge in [0.05, 0.1) is 12.9 Å². The maximum absolute atomic E-state index is 12.6. The van der Waals surface area contributed by atoms with Crippen molar-refractivity contribution in [2.45, 2.75) is 10.9 Å². The highest BCUT2D eigenvalue weighted by molar-refractivity contribution is 8.01. The lowest BCUT2D eigenvalue weighted by Gasteiger charge is -2.06. The summed E-state index contributed by atoms with van der Waals surface area (Å²) >= 11 is 2.76. The first-order valence-corrected chi connectivity index (χ1v) is 12.2. The molecule has 1 aromatic heterocycles. The fraction of sp³-hybridized carbons (Fsp3) is 0.120. The van der Waals surface area contributed by atoms with Crippen molar-refractivity contribution < 1.29 is 14.3 Å². The first-order valence-electron chi connectivity index (χ1n) is 10.4. The molecule has 172 valence electrons. The number of amides is 1. The third-order valence-electron chi connectivity index (χ3n) is 4.84. The number of ether oxygens (including phenoxy) is 1. The van der Waals surface area contributed by atoms with Crippen LogP contribution in [0.15, 0.2) is 83.2 Å². The Bertz CT molecular complexity index is 1240. The summed E-state index contributed by atoms with van der Waals surface area (Å²) in [5.74, 6) is 0.856. The number of benzene rings is 3. The molecule has 9 heteroatoms. The van der Waals surface area contributed by atoms with E-state index in [1.54, 1.807) is 43.5 Å². The second-order valence-electron chi connectivity index (χ2n) is 7.18. The molecule has 0 radical (unpaired) electrons. The number of anilines is 2. The SMILES string of the molecule is COc1ccc(CNc2nnc(SCC(=O)c3ccc(NC(=O)c4ccccc4)cc3)s2)cc1. The monoisotopic (exact) mass is 490 g/mol. The molecule has 0 fully saturated rings. The maximum atomic E-state index is 12.6. The van der Waals surface area contributed by atoms with Crippen molar-refractivity contribution in [3.05, 3.63) is 95.6 Å². The van der Waals surface area contributed by atoms with E-state index in [4.69, 9.17) is 4.74 Å². The zero-order valence-corrected chi connectivity index (χ0v) is 20.0. The third kappa shape index (κ3) is 6.43. The lowest BCUT2D eigenvalue weighted by molar-refractivity contribution is 0.101. The Balaban J connectivity index is 1.25. The van der Waals surface area contributed by atoms with E-state index >= 15 is 0 Å². The number of carbonyl (C=O) groups is 2. The fourth-order valence-corrected chi connectivity index (χ4v) is 4.65. The maximum Gasteiger partial charge on any atom is 0.255 e. The van der Waals surface area contributed by atoms with Gasteiger partial charge >= 0.3 is 0 Å². The Morgan fingerprint density at radius 2 is 1.65 bits per heavy atom. The minimum Gasteiger partial charge on any atom is -0.497 e. The fourth-order valence-electron chi connectivity index (χ4n) is 3.00. The molecule has 34 heavy (non-hydrogen) atoms. The van der Waals surface area contributed by atoms with Crippen LogP contribution in [0.1, 0.15) is 26.3 Å². The largest absolute Gasteiger partial charge is 0.497 e. The summed E-state index contributed by atoms with van der Waals surface area (Å²) < 4.78 is 5.88. The highest BCUT2D eigenvalue weighted by atomic mass is 32.2. The van der Waals surface area contributed by atoms with Crippen molar-refractivity contribution in [3.63, 3.8) is 0 Å². The predicted octanol–water partition coefficient (Wildman–Crippen LogP) is 5.39. The number of nitrogens with one attached hydrogen (secondary N) is 2. The number of carbonyl (C=O) groups excluding carboxylic acids is 2. The van der Waals surface area contributed by atoms with Crippen LogP contribution in [0.25, 0.3) is 0 Å². The van der Waals surface area contributed by atoms with E-state index in [0.717, 1.165) is 15.7 Å². The smallest absolute Gasteiger partial charge is 0.255 e. The summed E-state index contributed by atoms with van der Waals surface area (Å²) in [6.45, 7) is 0.620. The van der Waals surface area contributed by atoms with Crippen LogP contribution in [0.2, 0.25) is 0 Å². The molecule has 7 nitrogen and oxygen atoms in total. The van der Waals surface area contributed by atoms with E-state index in [-0.39, 0.29) is 17.4 Å². The van der Waals surface area contributed by atoms with Crippen molar-refractivity contribution in [1.29, 1.82) is 0 Å². The van der Waals surface area contributed by atoms with Crippen LogP contribution in [0.5, 0.6) is 5.75 Å². The van der Waals surface area contributed by atoms with E-state index in [0.29, 0.717) is 28.5 Å². The molecule has 4 rings (SSSR count). The van der Waals surface area contributed by atoms with Gasteiger partial charge in [-0.25, -0.2) is 0 Å². The van der Waals surface area contributed by atoms with E-state index in [2.05, 4.69) is 20.8 Å². The highest BCUT2D eigenvalue weighted by Crippen LogP contribution is 2.27. The Morgan fingerprint density at radius 3 is 2.35 bits per heavy atom. The molecule has 4 aromatic rings. The summed E-state index contributed by atoms with van der Waals surface area (Å²) in [6, 6.07) is 23.7. The summed E-state index contributed by atoms with van der Waals surface area (Å²) in [5, 5.41) is 15.1. The Hall–Kier alpha value is -3.69. The predicted molar refractivity (Wildman–Crippen MR) is 136 cm³/mol. The normalized spacial score (nSPS) is 10.5. The molecule has 3 aromatic carbocycles. The van der Waals surface area contributed by atoms with Gasteiger partial charge in [-0.05, 0) is 54.1 Å². The second-order valence-corrected chi connectivity index (χ2v) is 9.38. The van der Waals surface area contributed by atoms with Crippen molar-refractivity contribution >= 4 is 45.6 Å². The van der Waals surface area contributed by atoms with Crippen LogP contribution in [-0.4, -0.2) is 34.8 Å². The minimum atomic E-state index is -0.192. The molecule has 0 aliphatic rings. The quantitative estimate of drug-likeness (QED) is 0.227. The molecule has 0 atom stereocenters. The van der Waals surface area contributed by atoms with Crippen LogP contribution in [0.3, 0.4) is 0 Å². The average molecular weight is 491 g/mol. The van der Waals surface area contributed by atoms with Crippen molar-refractivity contribution in [2.75, 3.05) is 23.5 Å². The van der Waals surface area contributed by atoms with Gasteiger partial charge in [-0.1, -0.05) is 53.4 Å². The zero-order chi connectivity index (χ0) is 23.8. The molecule has 1 amide bonds. The van der Waals surface area contributed by atoms with Gasteiger partial charge < -0.3 is 15.4 Å². The average Bonchev–Trinajstić information content (AvgIpc) is 3.35. The molecule has 2 N–H and O–H groups in total. The summed E-state index contributed by atoms with van der Waals surface area (Å²) in [5.41, 5.74) is 2.89. The molecule has 0 aliphatic heterocycles.